The van der Waals surface area contributed by atoms with Gasteiger partial charge in [0.05, 0.1) is 24.5 Å². The highest BCUT2D eigenvalue weighted by Gasteiger charge is 2.29. The second-order valence-corrected chi connectivity index (χ2v) is 9.07. The van der Waals surface area contributed by atoms with Gasteiger partial charge in [0.1, 0.15) is 11.9 Å². The second-order valence-electron chi connectivity index (χ2n) is 8.66. The topological polar surface area (TPSA) is 69.5 Å². The Morgan fingerprint density at radius 2 is 2.00 bits per heavy atom. The number of benzene rings is 1. The lowest BCUT2D eigenvalue weighted by molar-refractivity contribution is 0.0746. The van der Waals surface area contributed by atoms with Crippen LogP contribution in [0.3, 0.4) is 0 Å². The molecule has 6 nitrogen and oxygen atoms in total. The number of halogens is 1. The average molecular weight is 453 g/mol. The summed E-state index contributed by atoms with van der Waals surface area (Å²) < 4.78 is 5.66. The van der Waals surface area contributed by atoms with Crippen LogP contribution in [0.5, 0.6) is 0 Å². The number of nitriles is 1. The summed E-state index contributed by atoms with van der Waals surface area (Å²) in [6.07, 6.45) is 1.58. The van der Waals surface area contributed by atoms with Gasteiger partial charge in [-0.1, -0.05) is 38.4 Å². The lowest BCUT2D eigenvalue weighted by Gasteiger charge is -2.37. The fourth-order valence-corrected chi connectivity index (χ4v) is 4.87. The van der Waals surface area contributed by atoms with Crippen LogP contribution in [0.4, 0.5) is 5.82 Å². The van der Waals surface area contributed by atoms with Gasteiger partial charge < -0.3 is 14.5 Å². The first-order valence-electron chi connectivity index (χ1n) is 11.3. The molecule has 32 heavy (non-hydrogen) atoms. The number of carbonyl (C=O) groups is 1. The van der Waals surface area contributed by atoms with E-state index in [0.29, 0.717) is 55.5 Å². The van der Waals surface area contributed by atoms with Gasteiger partial charge in [0.15, 0.2) is 0 Å². The molecule has 0 radical (unpaired) electrons. The van der Waals surface area contributed by atoms with Crippen LogP contribution in [0.25, 0.3) is 0 Å². The largest absolute Gasteiger partial charge is 0.376 e. The van der Waals surface area contributed by atoms with Crippen LogP contribution < -0.4 is 4.90 Å². The predicted octanol–water partition coefficient (Wildman–Crippen LogP) is 4.33. The standard InChI is InChI=1S/C25H29ClN4O2/c1-4-17-5-6-18(13-22(17)26)25(31)30-10-8-29(9-11-30)24-20(14-27)19-7-12-32-15-21(19)23(28-24)16(2)3/h5-6,13,16H,4,7-12,15H2,1-3H3. The molecular weight excluding hydrogens is 424 g/mol. The van der Waals surface area contributed by atoms with Gasteiger partial charge in [-0.15, -0.1) is 0 Å². The lowest BCUT2D eigenvalue weighted by Crippen LogP contribution is -2.49. The number of anilines is 1. The molecule has 0 saturated carbocycles. The van der Waals surface area contributed by atoms with Crippen molar-refractivity contribution in [3.8, 4) is 6.07 Å². The predicted molar refractivity (Wildman–Crippen MR) is 125 cm³/mol. The van der Waals surface area contributed by atoms with E-state index in [0.717, 1.165) is 41.0 Å². The zero-order valence-corrected chi connectivity index (χ0v) is 19.7. The number of pyridine rings is 1. The van der Waals surface area contributed by atoms with E-state index < -0.39 is 0 Å². The Bertz CT molecular complexity index is 1070. The maximum absolute atomic E-state index is 13.0. The third kappa shape index (κ3) is 4.20. The van der Waals surface area contributed by atoms with Gasteiger partial charge in [0.25, 0.3) is 5.91 Å². The van der Waals surface area contributed by atoms with Crippen LogP contribution in [0, 0.1) is 11.3 Å². The van der Waals surface area contributed by atoms with Crippen molar-refractivity contribution in [1.82, 2.24) is 9.88 Å². The Labute approximate surface area is 194 Å². The first-order chi connectivity index (χ1) is 15.4. The molecule has 0 unspecified atom stereocenters. The summed E-state index contributed by atoms with van der Waals surface area (Å²) in [4.78, 5) is 22.0. The van der Waals surface area contributed by atoms with Gasteiger partial charge in [-0.3, -0.25) is 4.79 Å². The number of amides is 1. The number of hydrogen-bond donors (Lipinski definition) is 0. The van der Waals surface area contributed by atoms with Crippen molar-refractivity contribution in [3.05, 3.63) is 56.7 Å². The smallest absolute Gasteiger partial charge is 0.254 e. The molecule has 3 heterocycles. The summed E-state index contributed by atoms with van der Waals surface area (Å²) in [6.45, 7) is 9.88. The number of fused-ring (bicyclic) bond motifs is 1. The summed E-state index contributed by atoms with van der Waals surface area (Å²) in [5.41, 5.74) is 5.49. The highest BCUT2D eigenvalue weighted by molar-refractivity contribution is 6.31. The highest BCUT2D eigenvalue weighted by Crippen LogP contribution is 2.33. The molecule has 0 atom stereocenters. The van der Waals surface area contributed by atoms with Crippen molar-refractivity contribution in [2.75, 3.05) is 37.7 Å². The van der Waals surface area contributed by atoms with E-state index in [-0.39, 0.29) is 11.8 Å². The quantitative estimate of drug-likeness (QED) is 0.690. The minimum absolute atomic E-state index is 0.00636. The number of nitrogens with zero attached hydrogens (tertiary/aromatic N) is 4. The molecule has 0 spiro atoms. The van der Waals surface area contributed by atoms with E-state index in [1.165, 1.54) is 0 Å². The van der Waals surface area contributed by atoms with E-state index in [2.05, 4.69) is 24.8 Å². The van der Waals surface area contributed by atoms with Crippen LogP contribution in [-0.2, 0) is 24.2 Å². The zero-order chi connectivity index (χ0) is 22.8. The number of aromatic nitrogens is 1. The van der Waals surface area contributed by atoms with Crippen molar-refractivity contribution in [3.63, 3.8) is 0 Å². The molecule has 0 aliphatic carbocycles. The van der Waals surface area contributed by atoms with Crippen molar-refractivity contribution in [2.45, 2.75) is 46.1 Å². The summed E-state index contributed by atoms with van der Waals surface area (Å²) >= 11 is 6.32. The van der Waals surface area contributed by atoms with Crippen molar-refractivity contribution in [1.29, 1.82) is 5.26 Å². The van der Waals surface area contributed by atoms with Crippen LogP contribution >= 0.6 is 11.6 Å². The Morgan fingerprint density at radius 1 is 1.25 bits per heavy atom. The molecule has 1 aromatic heterocycles. The van der Waals surface area contributed by atoms with Crippen LogP contribution in [-0.4, -0.2) is 48.6 Å². The third-order valence-corrected chi connectivity index (χ3v) is 6.73. The molecule has 7 heteroatoms. The Hall–Kier alpha value is -2.62. The number of ether oxygens (including phenoxy) is 1. The Morgan fingerprint density at radius 3 is 2.62 bits per heavy atom. The molecule has 2 aliphatic rings. The molecule has 2 aromatic rings. The molecule has 1 amide bonds. The van der Waals surface area contributed by atoms with Gasteiger partial charge >= 0.3 is 0 Å². The summed E-state index contributed by atoms with van der Waals surface area (Å²) in [7, 11) is 0. The van der Waals surface area contributed by atoms with Crippen LogP contribution in [0.2, 0.25) is 5.02 Å². The van der Waals surface area contributed by atoms with Crippen LogP contribution in [0.15, 0.2) is 18.2 Å². The normalized spacial score (nSPS) is 16.1. The number of rotatable bonds is 4. The zero-order valence-electron chi connectivity index (χ0n) is 18.9. The SMILES string of the molecule is CCc1ccc(C(=O)N2CCN(c3nc(C(C)C)c4c(c3C#N)CCOC4)CC2)cc1Cl. The molecule has 0 bridgehead atoms. The fourth-order valence-electron chi connectivity index (χ4n) is 4.56. The van der Waals surface area contributed by atoms with E-state index in [1.54, 1.807) is 6.07 Å². The summed E-state index contributed by atoms with van der Waals surface area (Å²) in [5, 5.41) is 10.6. The van der Waals surface area contributed by atoms with E-state index in [4.69, 9.17) is 21.3 Å². The molecule has 4 rings (SSSR count). The number of aryl methyl sites for hydroxylation is 1. The molecule has 168 valence electrons. The minimum Gasteiger partial charge on any atom is -0.376 e. The van der Waals surface area contributed by atoms with Crippen molar-refractivity contribution < 1.29 is 9.53 Å². The maximum Gasteiger partial charge on any atom is 0.254 e. The van der Waals surface area contributed by atoms with Crippen LogP contribution in [0.1, 0.15) is 65.0 Å². The average Bonchev–Trinajstić information content (AvgIpc) is 2.82. The summed E-state index contributed by atoms with van der Waals surface area (Å²) in [6, 6.07) is 7.96. The Balaban J connectivity index is 1.55. The van der Waals surface area contributed by atoms with Gasteiger partial charge in [0.2, 0.25) is 0 Å². The number of hydrogen-bond acceptors (Lipinski definition) is 5. The van der Waals surface area contributed by atoms with E-state index >= 15 is 0 Å². The van der Waals surface area contributed by atoms with Crippen molar-refractivity contribution >= 4 is 23.3 Å². The van der Waals surface area contributed by atoms with Gasteiger partial charge in [-0.25, -0.2) is 4.98 Å². The third-order valence-electron chi connectivity index (χ3n) is 6.37. The van der Waals surface area contributed by atoms with Gasteiger partial charge in [-0.05, 0) is 42.0 Å². The van der Waals surface area contributed by atoms with E-state index in [9.17, 15) is 10.1 Å². The molecule has 1 saturated heterocycles. The molecule has 2 aliphatic heterocycles. The first-order valence-corrected chi connectivity index (χ1v) is 11.7. The van der Waals surface area contributed by atoms with E-state index in [1.807, 2.05) is 24.0 Å². The molecule has 1 fully saturated rings. The van der Waals surface area contributed by atoms with Gasteiger partial charge in [0, 0.05) is 42.3 Å². The molecule has 0 N–H and O–H groups in total. The van der Waals surface area contributed by atoms with Gasteiger partial charge in [-0.2, -0.15) is 5.26 Å². The maximum atomic E-state index is 13.0. The number of piperazine rings is 1. The second kappa shape index (κ2) is 9.48. The first kappa shape index (κ1) is 22.6. The molecule has 1 aromatic carbocycles. The van der Waals surface area contributed by atoms with Crippen molar-refractivity contribution in [2.24, 2.45) is 0 Å². The fraction of sp³-hybridized carbons (Fsp3) is 0.480. The molecular formula is C25H29ClN4O2. The minimum atomic E-state index is -0.00636. The summed E-state index contributed by atoms with van der Waals surface area (Å²) in [5.74, 6) is 0.989. The lowest BCUT2D eigenvalue weighted by atomic mass is 9.92. The highest BCUT2D eigenvalue weighted by atomic mass is 35.5. The monoisotopic (exact) mass is 452 g/mol. The Kier molecular flexibility index (Phi) is 6.68. The number of carbonyl (C=O) groups excluding carboxylic acids is 1.